The first-order valence-electron chi connectivity index (χ1n) is 2.05. The molecule has 2 N–H and O–H groups in total. The molecular weight excluding hydrogens is 94.0 g/mol. The van der Waals surface area contributed by atoms with E-state index in [4.69, 9.17) is 9.90 Å². The van der Waals surface area contributed by atoms with Gasteiger partial charge in [0.1, 0.15) is 0 Å². The summed E-state index contributed by atoms with van der Waals surface area (Å²) in [6, 6.07) is 0. The molecule has 0 aromatic rings. The van der Waals surface area contributed by atoms with E-state index in [0.717, 1.165) is 0 Å². The lowest BCUT2D eigenvalue weighted by Crippen LogP contribution is -1.98. The van der Waals surface area contributed by atoms with Gasteiger partial charge in [0, 0.05) is 13.7 Å². The standard InChI is InChI=1S/C2H5NO.C2H6O/c1-3-2-4;1-2-3/h2H,1H3,(H,3,4);3H,2H2,1H3. The maximum atomic E-state index is 9.06. The van der Waals surface area contributed by atoms with Gasteiger partial charge in [0.25, 0.3) is 0 Å². The largest absolute Gasteiger partial charge is 0.397 e. The number of hydrogen-bond donors (Lipinski definition) is 2. The number of amides is 1. The van der Waals surface area contributed by atoms with Crippen LogP contribution < -0.4 is 5.32 Å². The van der Waals surface area contributed by atoms with Crippen molar-refractivity contribution in [3.8, 4) is 0 Å². The van der Waals surface area contributed by atoms with Crippen molar-refractivity contribution in [2.45, 2.75) is 6.92 Å². The zero-order chi connectivity index (χ0) is 6.12. The van der Waals surface area contributed by atoms with Gasteiger partial charge >= 0.3 is 0 Å². The van der Waals surface area contributed by atoms with Crippen LogP contribution >= 0.6 is 0 Å². The molecule has 0 aliphatic carbocycles. The van der Waals surface area contributed by atoms with Crippen molar-refractivity contribution < 1.29 is 9.90 Å². The third kappa shape index (κ3) is 346. The average molecular weight is 105 g/mol. The molecule has 0 aromatic carbocycles. The lowest BCUT2D eigenvalue weighted by molar-refractivity contribution is -0.109. The second kappa shape index (κ2) is 18.0. The highest BCUT2D eigenvalue weighted by Gasteiger charge is 1.43. The SMILES string of the molecule is CCO.CNC=O. The van der Waals surface area contributed by atoms with E-state index < -0.39 is 0 Å². The van der Waals surface area contributed by atoms with Crippen LogP contribution in [0.2, 0.25) is 0 Å². The molecule has 0 radical (unpaired) electrons. The Kier molecular flexibility index (Phi) is 24.9. The summed E-state index contributed by atoms with van der Waals surface area (Å²) in [7, 11) is 1.56. The monoisotopic (exact) mass is 105 g/mol. The quantitative estimate of drug-likeness (QED) is 0.436. The van der Waals surface area contributed by atoms with Crippen LogP contribution in [0.3, 0.4) is 0 Å². The number of hydrogen-bond acceptors (Lipinski definition) is 2. The Hall–Kier alpha value is -0.570. The zero-order valence-electron chi connectivity index (χ0n) is 4.64. The van der Waals surface area contributed by atoms with Gasteiger partial charge in [-0.05, 0) is 6.92 Å². The highest BCUT2D eigenvalue weighted by Crippen LogP contribution is 1.30. The van der Waals surface area contributed by atoms with Gasteiger partial charge in [0.05, 0.1) is 0 Å². The van der Waals surface area contributed by atoms with Crippen molar-refractivity contribution in [3.05, 3.63) is 0 Å². The first-order chi connectivity index (χ1) is 3.33. The number of nitrogens with one attached hydrogen (secondary N) is 1. The van der Waals surface area contributed by atoms with Gasteiger partial charge in [-0.25, -0.2) is 0 Å². The Morgan fingerprint density at radius 2 is 2.00 bits per heavy atom. The summed E-state index contributed by atoms with van der Waals surface area (Å²) in [5, 5.41) is 9.82. The molecule has 0 saturated carbocycles. The van der Waals surface area contributed by atoms with Crippen molar-refractivity contribution in [1.29, 1.82) is 0 Å². The van der Waals surface area contributed by atoms with Crippen LogP contribution in [-0.2, 0) is 4.79 Å². The van der Waals surface area contributed by atoms with Crippen LogP contribution in [-0.4, -0.2) is 25.2 Å². The Balaban J connectivity index is 0. The van der Waals surface area contributed by atoms with Gasteiger partial charge in [-0.1, -0.05) is 0 Å². The first-order valence-corrected chi connectivity index (χ1v) is 2.05. The summed E-state index contributed by atoms with van der Waals surface area (Å²) < 4.78 is 0. The molecule has 0 unspecified atom stereocenters. The predicted molar refractivity (Wildman–Crippen MR) is 27.9 cm³/mol. The van der Waals surface area contributed by atoms with Gasteiger partial charge in [0.2, 0.25) is 6.41 Å². The topological polar surface area (TPSA) is 49.3 Å². The smallest absolute Gasteiger partial charge is 0.206 e. The van der Waals surface area contributed by atoms with E-state index in [1.54, 1.807) is 14.0 Å². The Bertz CT molecular complexity index is 30.9. The van der Waals surface area contributed by atoms with Crippen LogP contribution in [0.5, 0.6) is 0 Å². The molecule has 0 saturated heterocycles. The van der Waals surface area contributed by atoms with Gasteiger partial charge < -0.3 is 10.4 Å². The minimum Gasteiger partial charge on any atom is -0.397 e. The number of aliphatic hydroxyl groups is 1. The molecule has 0 fully saturated rings. The third-order valence-electron chi connectivity index (χ3n) is 0.118. The molecule has 0 spiro atoms. The van der Waals surface area contributed by atoms with E-state index in [-0.39, 0.29) is 6.61 Å². The van der Waals surface area contributed by atoms with Crippen molar-refractivity contribution in [3.63, 3.8) is 0 Å². The first kappa shape index (κ1) is 9.66. The summed E-state index contributed by atoms with van der Waals surface area (Å²) in [5.74, 6) is 0. The molecule has 0 aliphatic heterocycles. The van der Waals surface area contributed by atoms with Gasteiger partial charge in [0.15, 0.2) is 0 Å². The fourth-order valence-corrected chi connectivity index (χ4v) is 0. The van der Waals surface area contributed by atoms with E-state index in [9.17, 15) is 0 Å². The lowest BCUT2D eigenvalue weighted by Gasteiger charge is -1.64. The maximum Gasteiger partial charge on any atom is 0.206 e. The Morgan fingerprint density at radius 3 is 2.00 bits per heavy atom. The van der Waals surface area contributed by atoms with Crippen LogP contribution in [0.25, 0.3) is 0 Å². The number of rotatable bonds is 1. The van der Waals surface area contributed by atoms with Gasteiger partial charge in [-0.2, -0.15) is 0 Å². The summed E-state index contributed by atoms with van der Waals surface area (Å²) in [5.41, 5.74) is 0. The molecule has 0 bridgehead atoms. The summed E-state index contributed by atoms with van der Waals surface area (Å²) >= 11 is 0. The normalized spacial score (nSPS) is 5.57. The van der Waals surface area contributed by atoms with E-state index in [0.29, 0.717) is 6.41 Å². The Morgan fingerprint density at radius 1 is 1.86 bits per heavy atom. The minimum absolute atomic E-state index is 0.250. The number of carbonyl (C=O) groups is 1. The minimum atomic E-state index is 0.250. The fourth-order valence-electron chi connectivity index (χ4n) is 0. The molecule has 0 aromatic heterocycles. The molecule has 0 aliphatic rings. The zero-order valence-corrected chi connectivity index (χ0v) is 4.64. The van der Waals surface area contributed by atoms with Crippen LogP contribution in [0, 0.1) is 0 Å². The van der Waals surface area contributed by atoms with E-state index >= 15 is 0 Å². The third-order valence-corrected chi connectivity index (χ3v) is 0.118. The molecule has 1 amide bonds. The molecule has 3 heteroatoms. The molecule has 44 valence electrons. The predicted octanol–water partition coefficient (Wildman–Crippen LogP) is -0.639. The maximum absolute atomic E-state index is 9.06. The second-order valence-corrected chi connectivity index (χ2v) is 0.723. The molecule has 0 atom stereocenters. The fraction of sp³-hybridized carbons (Fsp3) is 0.750. The molecule has 0 heterocycles. The van der Waals surface area contributed by atoms with E-state index in [1.807, 2.05) is 0 Å². The van der Waals surface area contributed by atoms with Crippen LogP contribution in [0.15, 0.2) is 0 Å². The summed E-state index contributed by atoms with van der Waals surface area (Å²) in [6.45, 7) is 1.93. The van der Waals surface area contributed by atoms with Crippen molar-refractivity contribution in [1.82, 2.24) is 5.32 Å². The number of carbonyl (C=O) groups excluding carboxylic acids is 1. The van der Waals surface area contributed by atoms with Gasteiger partial charge in [-0.3, -0.25) is 4.79 Å². The summed E-state index contributed by atoms with van der Waals surface area (Å²) in [6.07, 6.45) is 0.625. The van der Waals surface area contributed by atoms with Crippen LogP contribution in [0.4, 0.5) is 0 Å². The molecular formula is C4H11NO2. The van der Waals surface area contributed by atoms with Crippen molar-refractivity contribution in [2.75, 3.05) is 13.7 Å². The molecule has 7 heavy (non-hydrogen) atoms. The van der Waals surface area contributed by atoms with E-state index in [1.165, 1.54) is 0 Å². The highest BCUT2D eigenvalue weighted by atomic mass is 16.2. The highest BCUT2D eigenvalue weighted by molar-refractivity contribution is 5.44. The van der Waals surface area contributed by atoms with Crippen molar-refractivity contribution >= 4 is 6.41 Å². The molecule has 3 nitrogen and oxygen atoms in total. The second-order valence-electron chi connectivity index (χ2n) is 0.723. The van der Waals surface area contributed by atoms with Crippen LogP contribution in [0.1, 0.15) is 6.92 Å². The average Bonchev–Trinajstić information content (AvgIpc) is 1.69. The van der Waals surface area contributed by atoms with Crippen molar-refractivity contribution in [2.24, 2.45) is 0 Å². The van der Waals surface area contributed by atoms with Gasteiger partial charge in [-0.15, -0.1) is 0 Å². The van der Waals surface area contributed by atoms with E-state index in [2.05, 4.69) is 5.32 Å². The summed E-state index contributed by atoms with van der Waals surface area (Å²) in [4.78, 5) is 9.06. The Labute approximate surface area is 43.3 Å². The lowest BCUT2D eigenvalue weighted by atomic mass is 10.9. The molecule has 0 rings (SSSR count). The number of aliphatic hydroxyl groups excluding tert-OH is 1.